The number of carbonyl (C=O) groups is 1. The van der Waals surface area contributed by atoms with Gasteiger partial charge in [-0.05, 0) is 17.7 Å². The molecule has 1 rings (SSSR count). The molecule has 0 bridgehead atoms. The zero-order valence-electron chi connectivity index (χ0n) is 10.7. The van der Waals surface area contributed by atoms with Gasteiger partial charge in [-0.1, -0.05) is 6.07 Å². The molecule has 0 aliphatic rings. The highest BCUT2D eigenvalue weighted by Crippen LogP contribution is 2.33. The third-order valence-corrected chi connectivity index (χ3v) is 3.23. The van der Waals surface area contributed by atoms with Crippen LogP contribution in [0.25, 0.3) is 0 Å². The molecule has 1 aromatic carbocycles. The van der Waals surface area contributed by atoms with Gasteiger partial charge in [-0.15, -0.1) is 0 Å². The van der Waals surface area contributed by atoms with E-state index in [1.165, 1.54) is 4.72 Å². The van der Waals surface area contributed by atoms with Gasteiger partial charge in [0.15, 0.2) is 0 Å². The molecule has 118 valence electrons. The van der Waals surface area contributed by atoms with Gasteiger partial charge in [-0.3, -0.25) is 4.72 Å². The maximum atomic E-state index is 12.8. The van der Waals surface area contributed by atoms with Crippen molar-refractivity contribution in [2.75, 3.05) is 11.8 Å². The molecule has 0 saturated carbocycles. The summed E-state index contributed by atoms with van der Waals surface area (Å²) in [6.45, 7) is -0.359. The number of benzene rings is 1. The monoisotopic (exact) mass is 327 g/mol. The molecule has 7 nitrogen and oxygen atoms in total. The first-order valence-electron chi connectivity index (χ1n) is 5.37. The van der Waals surface area contributed by atoms with Gasteiger partial charge in [0.25, 0.3) is 0 Å². The maximum absolute atomic E-state index is 12.8. The standard InChI is InChI=1S/C10H12F3N3O4S/c1-20-9(17)16-21(18,19)15-7-3-2-6(5-14)8(4-7)10(11,12)13/h2-4,15H,5,14H2,1H3,(H,16,17). The van der Waals surface area contributed by atoms with Crippen LogP contribution in [-0.4, -0.2) is 21.6 Å². The molecule has 0 unspecified atom stereocenters. The molecule has 0 fully saturated rings. The number of ether oxygens (including phenoxy) is 1. The zero-order valence-corrected chi connectivity index (χ0v) is 11.5. The number of hydrogen-bond acceptors (Lipinski definition) is 5. The SMILES string of the molecule is COC(=O)NS(=O)(=O)Nc1ccc(CN)c(C(F)(F)F)c1. The molecule has 0 atom stereocenters. The van der Waals surface area contributed by atoms with E-state index in [2.05, 4.69) is 4.74 Å². The molecule has 11 heteroatoms. The van der Waals surface area contributed by atoms with Crippen LogP contribution < -0.4 is 15.2 Å². The lowest BCUT2D eigenvalue weighted by Crippen LogP contribution is -2.35. The van der Waals surface area contributed by atoms with Crippen molar-refractivity contribution < 1.29 is 31.1 Å². The topological polar surface area (TPSA) is 111 Å². The second kappa shape index (κ2) is 6.18. The molecule has 0 spiro atoms. The minimum Gasteiger partial charge on any atom is -0.452 e. The van der Waals surface area contributed by atoms with Crippen LogP contribution in [0, 0.1) is 0 Å². The summed E-state index contributed by atoms with van der Waals surface area (Å²) in [6, 6.07) is 2.71. The molecule has 0 aliphatic heterocycles. The lowest BCUT2D eigenvalue weighted by Gasteiger charge is -2.14. The second-order valence-electron chi connectivity index (χ2n) is 3.77. The van der Waals surface area contributed by atoms with Crippen molar-refractivity contribution in [3.63, 3.8) is 0 Å². The van der Waals surface area contributed by atoms with Crippen molar-refractivity contribution in [2.45, 2.75) is 12.7 Å². The average molecular weight is 327 g/mol. The zero-order chi connectivity index (χ0) is 16.3. The first kappa shape index (κ1) is 17.0. The highest BCUT2D eigenvalue weighted by Gasteiger charge is 2.33. The largest absolute Gasteiger partial charge is 0.452 e. The van der Waals surface area contributed by atoms with Crippen molar-refractivity contribution in [3.8, 4) is 0 Å². The van der Waals surface area contributed by atoms with Crippen LogP contribution in [0.3, 0.4) is 0 Å². The Morgan fingerprint density at radius 2 is 2.00 bits per heavy atom. The molecular weight excluding hydrogens is 315 g/mol. The number of nitrogens with one attached hydrogen (secondary N) is 2. The molecule has 0 aliphatic carbocycles. The van der Waals surface area contributed by atoms with Crippen molar-refractivity contribution in [2.24, 2.45) is 5.73 Å². The highest BCUT2D eigenvalue weighted by atomic mass is 32.2. The first-order chi connectivity index (χ1) is 9.59. The van der Waals surface area contributed by atoms with E-state index in [1.54, 1.807) is 4.72 Å². The van der Waals surface area contributed by atoms with Gasteiger partial charge < -0.3 is 10.5 Å². The van der Waals surface area contributed by atoms with Crippen molar-refractivity contribution in [1.29, 1.82) is 0 Å². The summed E-state index contributed by atoms with van der Waals surface area (Å²) in [7, 11) is -3.47. The quantitative estimate of drug-likeness (QED) is 0.769. The first-order valence-corrected chi connectivity index (χ1v) is 6.86. The Labute approximate surface area is 118 Å². The Morgan fingerprint density at radius 3 is 2.48 bits per heavy atom. The summed E-state index contributed by atoms with van der Waals surface area (Å²) in [6.07, 6.45) is -5.97. The molecule has 21 heavy (non-hydrogen) atoms. The predicted octanol–water partition coefficient (Wildman–Crippen LogP) is 1.18. The maximum Gasteiger partial charge on any atom is 0.422 e. The summed E-state index contributed by atoms with van der Waals surface area (Å²) in [5.74, 6) is 0. The van der Waals surface area contributed by atoms with Crippen molar-refractivity contribution >= 4 is 22.0 Å². The lowest BCUT2D eigenvalue weighted by molar-refractivity contribution is -0.138. The smallest absolute Gasteiger partial charge is 0.422 e. The third kappa shape index (κ3) is 4.79. The Balaban J connectivity index is 3.08. The van der Waals surface area contributed by atoms with Crippen molar-refractivity contribution in [3.05, 3.63) is 29.3 Å². The number of rotatable bonds is 4. The van der Waals surface area contributed by atoms with Crippen LogP contribution in [0.15, 0.2) is 18.2 Å². The van der Waals surface area contributed by atoms with E-state index in [4.69, 9.17) is 5.73 Å². The number of carbonyl (C=O) groups excluding carboxylic acids is 1. The van der Waals surface area contributed by atoms with Crippen LogP contribution in [-0.2, 0) is 27.7 Å². The van der Waals surface area contributed by atoms with E-state index in [-0.39, 0.29) is 17.8 Å². The van der Waals surface area contributed by atoms with E-state index in [0.717, 1.165) is 19.2 Å². The molecule has 0 saturated heterocycles. The molecule has 0 heterocycles. The van der Waals surface area contributed by atoms with Gasteiger partial charge in [0.1, 0.15) is 0 Å². The van der Waals surface area contributed by atoms with Gasteiger partial charge in [0.2, 0.25) is 0 Å². The molecule has 4 N–H and O–H groups in total. The Morgan fingerprint density at radius 1 is 1.38 bits per heavy atom. The Hall–Kier alpha value is -2.01. The van der Waals surface area contributed by atoms with Gasteiger partial charge >= 0.3 is 22.5 Å². The minimum atomic E-state index is -4.69. The number of anilines is 1. The van der Waals surface area contributed by atoms with E-state index >= 15 is 0 Å². The fourth-order valence-corrected chi connectivity index (χ4v) is 2.20. The fourth-order valence-electron chi connectivity index (χ4n) is 1.41. The Bertz CT molecular complexity index is 631. The Kier molecular flexibility index (Phi) is 5.01. The molecule has 0 radical (unpaired) electrons. The molecular formula is C10H12F3N3O4S. The number of halogens is 3. The van der Waals surface area contributed by atoms with Crippen LogP contribution in [0.2, 0.25) is 0 Å². The third-order valence-electron chi connectivity index (χ3n) is 2.29. The highest BCUT2D eigenvalue weighted by molar-refractivity contribution is 7.91. The molecule has 1 amide bonds. The average Bonchev–Trinajstić information content (AvgIpc) is 2.36. The second-order valence-corrected chi connectivity index (χ2v) is 5.19. The summed E-state index contributed by atoms with van der Waals surface area (Å²) < 4.78 is 68.6. The van der Waals surface area contributed by atoms with E-state index in [1.807, 2.05) is 0 Å². The van der Waals surface area contributed by atoms with Gasteiger partial charge in [-0.25, -0.2) is 9.52 Å². The predicted molar refractivity (Wildman–Crippen MR) is 67.4 cm³/mol. The lowest BCUT2D eigenvalue weighted by atomic mass is 10.1. The van der Waals surface area contributed by atoms with Crippen LogP contribution in [0.5, 0.6) is 0 Å². The summed E-state index contributed by atoms with van der Waals surface area (Å²) in [5, 5.41) is 0. The number of alkyl halides is 3. The van der Waals surface area contributed by atoms with Crippen LogP contribution in [0.4, 0.5) is 23.7 Å². The van der Waals surface area contributed by atoms with Crippen LogP contribution >= 0.6 is 0 Å². The summed E-state index contributed by atoms with van der Waals surface area (Å²) >= 11 is 0. The number of hydrogen-bond donors (Lipinski definition) is 3. The van der Waals surface area contributed by atoms with E-state index in [9.17, 15) is 26.4 Å². The van der Waals surface area contributed by atoms with Gasteiger partial charge in [0, 0.05) is 6.54 Å². The fraction of sp³-hybridized carbons (Fsp3) is 0.300. The summed E-state index contributed by atoms with van der Waals surface area (Å²) in [5.41, 5.74) is 3.56. The number of nitrogens with two attached hydrogens (primary N) is 1. The van der Waals surface area contributed by atoms with Crippen LogP contribution in [0.1, 0.15) is 11.1 Å². The minimum absolute atomic E-state index is 0.189. The van der Waals surface area contributed by atoms with E-state index in [0.29, 0.717) is 6.07 Å². The van der Waals surface area contributed by atoms with Gasteiger partial charge in [0.05, 0.1) is 18.4 Å². The normalized spacial score (nSPS) is 11.9. The van der Waals surface area contributed by atoms with Gasteiger partial charge in [-0.2, -0.15) is 21.6 Å². The van der Waals surface area contributed by atoms with Crippen molar-refractivity contribution in [1.82, 2.24) is 4.72 Å². The van der Waals surface area contributed by atoms with E-state index < -0.39 is 28.0 Å². The summed E-state index contributed by atoms with van der Waals surface area (Å²) in [4.78, 5) is 10.8. The number of methoxy groups -OCH3 is 1. The number of amides is 1. The molecule has 1 aromatic rings. The molecule has 0 aromatic heterocycles.